The van der Waals surface area contributed by atoms with Gasteiger partial charge in [-0.3, -0.25) is 24.1 Å². The molecule has 7 heterocycles. The predicted molar refractivity (Wildman–Crippen MR) is 204 cm³/mol. The number of anilines is 1. The molecule has 0 saturated carbocycles. The lowest BCUT2D eigenvalue weighted by molar-refractivity contribution is -0.925. The number of phenolic OH excluding ortho intramolecular Hbond substituents is 2. The molecule has 19 nitrogen and oxygen atoms in total. The van der Waals surface area contributed by atoms with E-state index in [1.165, 1.54) is 37.2 Å². The number of rotatable bonds is 10. The number of nitrogens with two attached hydrogens (primary N) is 1. The molecule has 0 radical (unpaired) electrons. The zero-order valence-electron chi connectivity index (χ0n) is 30.6. The van der Waals surface area contributed by atoms with Crippen LogP contribution in [-0.4, -0.2) is 136 Å². The summed E-state index contributed by atoms with van der Waals surface area (Å²) >= 11 is 8.47. The van der Waals surface area contributed by atoms with E-state index in [1.54, 1.807) is 4.90 Å². The number of hydrogen-bond donors (Lipinski definition) is 6. The first kappa shape index (κ1) is 39.8. The van der Waals surface area contributed by atoms with Gasteiger partial charge in [-0.2, -0.15) is 0 Å². The predicted octanol–water partition coefficient (Wildman–Crippen LogP) is 0.143. The summed E-state index contributed by atoms with van der Waals surface area (Å²) in [5.41, 5.74) is 2.92. The second kappa shape index (κ2) is 14.5. The third-order valence-corrected chi connectivity index (χ3v) is 13.4. The first-order chi connectivity index (χ1) is 26.8. The Bertz CT molecular complexity index is 2370. The van der Waals surface area contributed by atoms with E-state index in [9.17, 15) is 49.2 Å². The number of aromatic hydroxyl groups is 2. The number of thiazole rings is 1. The molecule has 22 heteroatoms. The number of phenols is 2. The summed E-state index contributed by atoms with van der Waals surface area (Å²) in [6, 6.07) is -0.251. The van der Waals surface area contributed by atoms with Crippen molar-refractivity contribution in [2.75, 3.05) is 38.5 Å². The average Bonchev–Trinajstić information content (AvgIpc) is 3.40. The van der Waals surface area contributed by atoms with Crippen molar-refractivity contribution in [3.8, 4) is 11.5 Å². The molecular formula is C35H37ClN8O11S2. The molecule has 5 aliphatic heterocycles. The number of pyridine rings is 1. The molecule has 0 unspecified atom stereocenters. The van der Waals surface area contributed by atoms with Crippen molar-refractivity contribution in [3.63, 3.8) is 0 Å². The minimum absolute atomic E-state index is 0.0209. The molecule has 57 heavy (non-hydrogen) atoms. The fourth-order valence-electron chi connectivity index (χ4n) is 7.69. The number of oxime groups is 1. The minimum Gasteiger partial charge on any atom is -0.543 e. The van der Waals surface area contributed by atoms with Crippen LogP contribution >= 0.6 is 34.7 Å². The number of H-pyrrole nitrogens is 1. The molecule has 3 amide bonds. The number of aromatic nitrogens is 2. The maximum atomic E-state index is 13.9. The van der Waals surface area contributed by atoms with Crippen molar-refractivity contribution in [3.05, 3.63) is 55.4 Å². The molecule has 302 valence electrons. The Kier molecular flexibility index (Phi) is 10.2. The van der Waals surface area contributed by atoms with Crippen LogP contribution in [0.2, 0.25) is 5.02 Å². The van der Waals surface area contributed by atoms with Crippen molar-refractivity contribution in [2.24, 2.45) is 5.16 Å². The van der Waals surface area contributed by atoms with Gasteiger partial charge in [0, 0.05) is 47.3 Å². The smallest absolute Gasteiger partial charge is 0.350 e. The van der Waals surface area contributed by atoms with E-state index in [0.29, 0.717) is 42.5 Å². The molecule has 2 aromatic heterocycles. The SMILES string of the molecule is C[C@@H]1S[C@@H]2[C@H](NC(=O)C(=NOC(C)(C)C(=O)O)c3csc(N)n3)C(=O)N2C(C(=O)[O-])=C1C[N+]12CCC(CC1)N(C(=O)c1c[nH]c3cc(O)c(O)c(Cl)c3c1=O)CC2. The van der Waals surface area contributed by atoms with E-state index in [1.807, 2.05) is 6.92 Å². The van der Waals surface area contributed by atoms with Crippen LogP contribution in [0.1, 0.15) is 49.7 Å². The third-order valence-electron chi connectivity index (χ3n) is 11.0. The largest absolute Gasteiger partial charge is 0.543 e. The zero-order valence-corrected chi connectivity index (χ0v) is 33.0. The number of piperidine rings is 1. The van der Waals surface area contributed by atoms with Gasteiger partial charge in [-0.1, -0.05) is 16.8 Å². The molecule has 0 aliphatic carbocycles. The highest BCUT2D eigenvalue weighted by molar-refractivity contribution is 8.00. The van der Waals surface area contributed by atoms with Gasteiger partial charge >= 0.3 is 5.97 Å². The number of β-lactam (4-membered cyclic amide) rings is 1. The molecule has 4 saturated heterocycles. The van der Waals surface area contributed by atoms with Crippen LogP contribution in [-0.2, 0) is 24.0 Å². The molecule has 8 rings (SSSR count). The molecule has 5 aliphatic rings. The number of carbonyl (C=O) groups excluding carboxylic acids is 4. The normalized spacial score (nSPS) is 24.8. The average molecular weight is 845 g/mol. The van der Waals surface area contributed by atoms with Crippen molar-refractivity contribution >= 4 is 86.1 Å². The monoisotopic (exact) mass is 844 g/mol. The van der Waals surface area contributed by atoms with Crippen molar-refractivity contribution in [2.45, 2.75) is 61.9 Å². The number of thioether (sulfide) groups is 1. The highest BCUT2D eigenvalue weighted by atomic mass is 35.5. The molecular weight excluding hydrogens is 808 g/mol. The Labute approximate surface area is 336 Å². The number of quaternary nitrogens is 1. The summed E-state index contributed by atoms with van der Waals surface area (Å²) in [4.78, 5) is 93.8. The zero-order chi connectivity index (χ0) is 41.3. The first-order valence-electron chi connectivity index (χ1n) is 17.7. The van der Waals surface area contributed by atoms with Gasteiger partial charge < -0.3 is 55.5 Å². The number of carboxylic acid groups (broad SMARTS) is 2. The van der Waals surface area contributed by atoms with E-state index >= 15 is 0 Å². The molecule has 3 atom stereocenters. The molecule has 7 N–H and O–H groups in total. The van der Waals surface area contributed by atoms with Gasteiger partial charge in [0.2, 0.25) is 11.0 Å². The van der Waals surface area contributed by atoms with Crippen LogP contribution in [0.3, 0.4) is 0 Å². The van der Waals surface area contributed by atoms with Crippen LogP contribution in [0.25, 0.3) is 10.9 Å². The first-order valence-corrected chi connectivity index (χ1v) is 19.9. The number of aliphatic carboxylic acids is 2. The van der Waals surface area contributed by atoms with Crippen LogP contribution in [0.4, 0.5) is 5.13 Å². The number of nitrogen functional groups attached to an aromatic ring is 1. The van der Waals surface area contributed by atoms with Crippen LogP contribution in [0.15, 0.2) is 38.9 Å². The second-order valence-corrected chi connectivity index (χ2v) is 17.5. The number of benzene rings is 1. The van der Waals surface area contributed by atoms with Gasteiger partial charge in [0.15, 0.2) is 22.3 Å². The Morgan fingerprint density at radius 3 is 2.54 bits per heavy atom. The van der Waals surface area contributed by atoms with Gasteiger partial charge in [0.25, 0.3) is 17.7 Å². The second-order valence-electron chi connectivity index (χ2n) is 14.8. The fourth-order valence-corrected chi connectivity index (χ4v) is 9.96. The van der Waals surface area contributed by atoms with E-state index in [4.69, 9.17) is 22.2 Å². The summed E-state index contributed by atoms with van der Waals surface area (Å²) in [7, 11) is 0. The molecule has 2 bridgehead atoms. The van der Waals surface area contributed by atoms with Gasteiger partial charge in [-0.15, -0.1) is 23.1 Å². The summed E-state index contributed by atoms with van der Waals surface area (Å²) in [6.07, 6.45) is 2.37. The maximum absolute atomic E-state index is 13.9. The minimum atomic E-state index is -1.82. The highest BCUT2D eigenvalue weighted by Crippen LogP contribution is 2.45. The number of amides is 3. The lowest BCUT2D eigenvalue weighted by atomic mass is 9.97. The van der Waals surface area contributed by atoms with E-state index in [0.717, 1.165) is 22.3 Å². The van der Waals surface area contributed by atoms with Gasteiger partial charge in [-0.25, -0.2) is 9.78 Å². The molecule has 3 aromatic rings. The van der Waals surface area contributed by atoms with E-state index in [-0.39, 0.29) is 57.1 Å². The fraction of sp³-hybridized carbons (Fsp3) is 0.429. The molecule has 1 aromatic carbocycles. The van der Waals surface area contributed by atoms with Crippen LogP contribution in [0.5, 0.6) is 11.5 Å². The summed E-state index contributed by atoms with van der Waals surface area (Å²) in [5, 5.41) is 48.4. The number of fused-ring (bicyclic) bond motifs is 6. The number of carboxylic acids is 2. The number of nitrogens with one attached hydrogen (secondary N) is 2. The number of aromatic amines is 1. The Morgan fingerprint density at radius 1 is 1.21 bits per heavy atom. The number of nitrogens with zero attached hydrogens (tertiary/aromatic N) is 5. The van der Waals surface area contributed by atoms with Gasteiger partial charge in [-0.05, 0) is 20.8 Å². The molecule has 4 fully saturated rings. The van der Waals surface area contributed by atoms with Crippen molar-refractivity contribution < 1.29 is 53.7 Å². The quantitative estimate of drug-likeness (QED) is 0.0521. The van der Waals surface area contributed by atoms with Crippen molar-refractivity contribution in [1.82, 2.24) is 25.1 Å². The van der Waals surface area contributed by atoms with E-state index in [2.05, 4.69) is 20.4 Å². The number of halogens is 1. The summed E-state index contributed by atoms with van der Waals surface area (Å²) in [5.74, 6) is -6.27. The Hall–Kier alpha value is -5.38. The topological polar surface area (TPSA) is 281 Å². The number of hydrogen-bond acceptors (Lipinski definition) is 15. The highest BCUT2D eigenvalue weighted by Gasteiger charge is 2.56. The Balaban J connectivity index is 1.10. The van der Waals surface area contributed by atoms with E-state index < -0.39 is 74.6 Å². The van der Waals surface area contributed by atoms with Crippen LogP contribution in [0, 0.1) is 0 Å². The standard InChI is InChI=1S/C35H37ClN8O11S2/c1-14-17(12-44-7-4-15(5-8-44)42(6-9-44)29(49)16-11-38-18-10-20(45)27(47)22(36)21(18)26(16)46)25(32(51)52)43-30(50)24(31(43)57-14)40-28(48)23(19-13-56-34(37)39-19)41-55-35(2,3)33(53)54/h10-11,13-15,24,31H,4-9,12H2,1-3H3,(H7-,37,38,39,40,41,45,46,47,48,49,51,52,53,54)/t14-,15?,24+,31+,44?/m0/s1. The molecule has 0 spiro atoms. The lowest BCUT2D eigenvalue weighted by Gasteiger charge is -2.53. The lowest BCUT2D eigenvalue weighted by Crippen LogP contribution is -2.72. The maximum Gasteiger partial charge on any atom is 0.350 e. The van der Waals surface area contributed by atoms with Gasteiger partial charge in [0.05, 0.1) is 53.8 Å². The summed E-state index contributed by atoms with van der Waals surface area (Å²) in [6.45, 7) is 6.34. The van der Waals surface area contributed by atoms with Crippen LogP contribution < -0.4 is 21.6 Å². The summed E-state index contributed by atoms with van der Waals surface area (Å²) < 4.78 is 0.417. The number of carbonyl (C=O) groups is 5. The van der Waals surface area contributed by atoms with Crippen molar-refractivity contribution in [1.29, 1.82) is 0 Å². The third kappa shape index (κ3) is 6.91. The Morgan fingerprint density at radius 2 is 1.91 bits per heavy atom. The van der Waals surface area contributed by atoms with Gasteiger partial charge in [0.1, 0.15) is 29.2 Å².